The predicted molar refractivity (Wildman–Crippen MR) is 261 cm³/mol. The van der Waals surface area contributed by atoms with Gasteiger partial charge in [0.05, 0.1) is 22.1 Å². The second kappa shape index (κ2) is 13.6. The van der Waals surface area contributed by atoms with E-state index in [0.717, 1.165) is 77.6 Å². The maximum atomic E-state index is 7.22. The second-order valence-corrected chi connectivity index (χ2v) is 17.1. The average molecular weight is 829 g/mol. The van der Waals surface area contributed by atoms with Gasteiger partial charge in [-0.1, -0.05) is 121 Å². The van der Waals surface area contributed by atoms with Crippen molar-refractivity contribution in [2.24, 2.45) is 0 Å². The first-order valence-electron chi connectivity index (χ1n) is 21.7. The summed E-state index contributed by atoms with van der Waals surface area (Å²) < 4.78 is 33.4. The lowest BCUT2D eigenvalue weighted by Crippen LogP contribution is -2.02. The van der Waals surface area contributed by atoms with E-state index in [0.29, 0.717) is 44.7 Å². The van der Waals surface area contributed by atoms with Gasteiger partial charge in [0.25, 0.3) is 0 Å². The molecular weight excluding hydrogens is 789 g/mol. The number of fused-ring (bicyclic) bond motifs is 10. The molecule has 0 fully saturated rings. The molecule has 13 rings (SSSR count). The van der Waals surface area contributed by atoms with Crippen molar-refractivity contribution in [2.45, 2.75) is 27.7 Å². The number of benzene rings is 9. The number of aromatic nitrogens is 2. The number of rotatable bonds is 4. The fourth-order valence-electron chi connectivity index (χ4n) is 9.98. The molecule has 4 aromatic heterocycles. The number of aryl methyl sites for hydroxylation is 4. The SMILES string of the molecule is Cc1ccccc1-c1ccc2c(c1)oc1c3oc4cc(-c5ccccc5C)ccc4n4c5ccc(-c6ccccc6C)cc5oc(c5oc6cc(-c7ccccc7C)ccc6n2c15)c34. The highest BCUT2D eigenvalue weighted by molar-refractivity contribution is 6.20. The van der Waals surface area contributed by atoms with Gasteiger partial charge in [0, 0.05) is 0 Å². The summed E-state index contributed by atoms with van der Waals surface area (Å²) in [5.41, 5.74) is 23.6. The monoisotopic (exact) mass is 828 g/mol. The van der Waals surface area contributed by atoms with Crippen LogP contribution >= 0.6 is 0 Å². The highest BCUT2D eigenvalue weighted by atomic mass is 16.4. The van der Waals surface area contributed by atoms with E-state index < -0.39 is 0 Å². The molecule has 0 saturated carbocycles. The van der Waals surface area contributed by atoms with Crippen LogP contribution in [0.1, 0.15) is 22.3 Å². The molecule has 0 aliphatic carbocycles. The van der Waals surface area contributed by atoms with E-state index in [9.17, 15) is 0 Å². The third-order valence-electron chi connectivity index (χ3n) is 13.2. The van der Waals surface area contributed by atoms with Gasteiger partial charge in [-0.05, 0) is 143 Å². The Bertz CT molecular complexity index is 3610. The Morgan fingerprint density at radius 1 is 0.281 bits per heavy atom. The molecule has 0 atom stereocenters. The molecule has 6 nitrogen and oxygen atoms in total. The van der Waals surface area contributed by atoms with Crippen LogP contribution in [0, 0.1) is 27.7 Å². The summed E-state index contributed by atoms with van der Waals surface area (Å²) in [6.45, 7) is 8.57. The molecule has 9 aromatic carbocycles. The summed E-state index contributed by atoms with van der Waals surface area (Å²) >= 11 is 0. The zero-order valence-electron chi connectivity index (χ0n) is 35.7. The Balaban J connectivity index is 1.24. The van der Waals surface area contributed by atoms with Crippen molar-refractivity contribution in [1.82, 2.24) is 8.80 Å². The Hall–Kier alpha value is -8.22. The number of hydrogen-bond acceptors (Lipinski definition) is 4. The van der Waals surface area contributed by atoms with E-state index in [-0.39, 0.29) is 0 Å². The van der Waals surface area contributed by atoms with Gasteiger partial charge in [0.1, 0.15) is 11.0 Å². The predicted octanol–water partition coefficient (Wildman–Crippen LogP) is 16.5. The lowest BCUT2D eigenvalue weighted by Gasteiger charge is -2.20. The molecule has 306 valence electrons. The first-order chi connectivity index (χ1) is 31.4. The molecule has 0 spiro atoms. The van der Waals surface area contributed by atoms with Crippen LogP contribution in [0.25, 0.3) is 122 Å². The van der Waals surface area contributed by atoms with E-state index in [2.05, 4.69) is 206 Å². The summed E-state index contributed by atoms with van der Waals surface area (Å²) in [6, 6.07) is 59.7. The lowest BCUT2D eigenvalue weighted by molar-refractivity contribution is 0.597. The van der Waals surface area contributed by atoms with Crippen LogP contribution in [0.5, 0.6) is 0 Å². The molecule has 0 saturated heterocycles. The molecule has 13 aromatic rings. The Morgan fingerprint density at radius 3 is 0.750 bits per heavy atom. The van der Waals surface area contributed by atoms with Gasteiger partial charge in [0.2, 0.25) is 0 Å². The van der Waals surface area contributed by atoms with Gasteiger partial charge in [-0.15, -0.1) is 0 Å². The molecule has 0 aliphatic heterocycles. The summed E-state index contributed by atoms with van der Waals surface area (Å²) in [6.07, 6.45) is 0. The van der Waals surface area contributed by atoms with E-state index in [4.69, 9.17) is 17.7 Å². The maximum absolute atomic E-state index is 7.22. The van der Waals surface area contributed by atoms with Crippen LogP contribution in [0.15, 0.2) is 188 Å². The lowest BCUT2D eigenvalue weighted by atomic mass is 9.99. The highest BCUT2D eigenvalue weighted by Crippen LogP contribution is 2.45. The van der Waals surface area contributed by atoms with E-state index in [1.165, 1.54) is 22.3 Å². The second-order valence-electron chi connectivity index (χ2n) is 17.1. The van der Waals surface area contributed by atoms with E-state index in [1.54, 1.807) is 0 Å². The minimum atomic E-state index is 0.553. The van der Waals surface area contributed by atoms with Crippen molar-refractivity contribution < 1.29 is 17.7 Å². The molecule has 0 aliphatic rings. The molecule has 0 N–H and O–H groups in total. The van der Waals surface area contributed by atoms with Gasteiger partial charge < -0.3 is 17.7 Å². The number of hydrogen-bond donors (Lipinski definition) is 0. The van der Waals surface area contributed by atoms with Crippen molar-refractivity contribution in [2.75, 3.05) is 0 Å². The van der Waals surface area contributed by atoms with E-state index >= 15 is 0 Å². The third kappa shape index (κ3) is 5.32. The highest BCUT2D eigenvalue weighted by Gasteiger charge is 2.27. The first-order valence-corrected chi connectivity index (χ1v) is 21.7. The zero-order valence-corrected chi connectivity index (χ0v) is 35.7. The number of nitrogens with zero attached hydrogens (tertiary/aromatic N) is 2. The van der Waals surface area contributed by atoms with Crippen LogP contribution in [-0.2, 0) is 0 Å². The standard InChI is InChI=1S/C58H40N2O4/c1-33-13-5-9-17-41(33)37-21-25-45-49(29-37)61-55-53-57(63-50-30-38(22-26-46(50)59(45)53)42-18-10-6-14-34(42)2)58-54-56(55)62-51-31-39(43-19-11-7-15-35(43)3)23-27-47(51)60(54)48-28-24-40(32-52(48)64-58)44-20-12-8-16-36(44)4/h5-32H,1-4H3. The molecule has 0 bridgehead atoms. The van der Waals surface area contributed by atoms with Gasteiger partial charge >= 0.3 is 0 Å². The minimum absolute atomic E-state index is 0.553. The molecule has 4 heterocycles. The molecular formula is C58H40N2O4. The Morgan fingerprint density at radius 2 is 0.516 bits per heavy atom. The van der Waals surface area contributed by atoms with E-state index in [1.807, 2.05) is 0 Å². The molecule has 0 radical (unpaired) electrons. The maximum Gasteiger partial charge on any atom is 0.200 e. The summed E-state index contributed by atoms with van der Waals surface area (Å²) in [5, 5.41) is 0. The van der Waals surface area contributed by atoms with Crippen molar-refractivity contribution in [3.8, 4) is 44.5 Å². The van der Waals surface area contributed by atoms with Crippen molar-refractivity contribution in [3.05, 3.63) is 192 Å². The minimum Gasteiger partial charge on any atom is -0.449 e. The van der Waals surface area contributed by atoms with Gasteiger partial charge in [-0.2, -0.15) is 0 Å². The molecule has 0 unspecified atom stereocenters. The molecule has 64 heavy (non-hydrogen) atoms. The third-order valence-corrected chi connectivity index (χ3v) is 13.2. The average Bonchev–Trinajstić information content (AvgIpc) is 3.32. The van der Waals surface area contributed by atoms with Crippen molar-refractivity contribution in [3.63, 3.8) is 0 Å². The summed E-state index contributed by atoms with van der Waals surface area (Å²) in [7, 11) is 0. The van der Waals surface area contributed by atoms with Gasteiger partial charge in [0.15, 0.2) is 44.7 Å². The van der Waals surface area contributed by atoms with Gasteiger partial charge in [-0.25, -0.2) is 0 Å². The summed E-state index contributed by atoms with van der Waals surface area (Å²) in [4.78, 5) is 0. The fraction of sp³-hybridized carbons (Fsp3) is 0.0690. The molecule has 0 amide bonds. The fourth-order valence-corrected chi connectivity index (χ4v) is 9.98. The first kappa shape index (κ1) is 36.4. The van der Waals surface area contributed by atoms with Crippen LogP contribution < -0.4 is 0 Å². The van der Waals surface area contributed by atoms with Gasteiger partial charge in [-0.3, -0.25) is 8.80 Å². The Labute approximate surface area is 367 Å². The van der Waals surface area contributed by atoms with Crippen LogP contribution in [0.2, 0.25) is 0 Å². The van der Waals surface area contributed by atoms with Crippen molar-refractivity contribution >= 4 is 77.8 Å². The molecule has 6 heteroatoms. The normalized spacial score (nSPS) is 12.1. The van der Waals surface area contributed by atoms with Crippen molar-refractivity contribution in [1.29, 1.82) is 0 Å². The summed E-state index contributed by atoms with van der Waals surface area (Å²) in [5.74, 6) is 0. The van der Waals surface area contributed by atoms with Crippen LogP contribution in [0.4, 0.5) is 0 Å². The quantitative estimate of drug-likeness (QED) is 0.131. The smallest absolute Gasteiger partial charge is 0.200 e. The van der Waals surface area contributed by atoms with Crippen LogP contribution in [0.3, 0.4) is 0 Å². The topological polar surface area (TPSA) is 61.4 Å². The zero-order chi connectivity index (χ0) is 42.8. The van der Waals surface area contributed by atoms with Crippen LogP contribution in [-0.4, -0.2) is 8.80 Å². The largest absolute Gasteiger partial charge is 0.449 e. The Kier molecular flexibility index (Phi) is 7.76.